The van der Waals surface area contributed by atoms with Crippen LogP contribution < -0.4 is 14.8 Å². The van der Waals surface area contributed by atoms with E-state index < -0.39 is 16.3 Å². The minimum Gasteiger partial charge on any atom is -0.497 e. The molecule has 0 saturated carbocycles. The van der Waals surface area contributed by atoms with Crippen LogP contribution in [0.15, 0.2) is 71.4 Å². The molecule has 2 aromatic carbocycles. The van der Waals surface area contributed by atoms with E-state index in [4.69, 9.17) is 14.3 Å². The van der Waals surface area contributed by atoms with Crippen LogP contribution >= 0.6 is 22.7 Å². The minimum atomic E-state index is -4.35. The Balaban J connectivity index is 1.54. The highest BCUT2D eigenvalue weighted by Gasteiger charge is 2.20. The summed E-state index contributed by atoms with van der Waals surface area (Å²) in [6.07, 6.45) is 0.635. The van der Waals surface area contributed by atoms with Crippen molar-refractivity contribution >= 4 is 44.6 Å². The summed E-state index contributed by atoms with van der Waals surface area (Å²) in [4.78, 5) is 18.8. The number of carbonyl (C=O) groups excluding carboxylic acids is 1. The fourth-order valence-corrected chi connectivity index (χ4v) is 5.62. The zero-order valence-electron chi connectivity index (χ0n) is 18.7. The summed E-state index contributed by atoms with van der Waals surface area (Å²) in [7, 11) is -2.77. The van der Waals surface area contributed by atoms with E-state index in [9.17, 15) is 13.2 Å². The van der Waals surface area contributed by atoms with Crippen LogP contribution in [0.4, 0.5) is 5.69 Å². The molecule has 3 N–H and O–H groups in total. The number of anilines is 1. The van der Waals surface area contributed by atoms with Gasteiger partial charge < -0.3 is 10.1 Å². The largest absolute Gasteiger partial charge is 0.497 e. The average molecular weight is 530 g/mol. The smallest absolute Gasteiger partial charge is 0.357 e. The van der Waals surface area contributed by atoms with Crippen molar-refractivity contribution in [2.24, 2.45) is 0 Å². The predicted octanol–water partition coefficient (Wildman–Crippen LogP) is 4.74. The van der Waals surface area contributed by atoms with Crippen molar-refractivity contribution in [3.63, 3.8) is 0 Å². The Bertz CT molecular complexity index is 1380. The van der Waals surface area contributed by atoms with Crippen LogP contribution in [0.25, 0.3) is 9.88 Å². The van der Waals surface area contributed by atoms with Crippen LogP contribution in [0.1, 0.15) is 22.9 Å². The van der Waals surface area contributed by atoms with Crippen molar-refractivity contribution in [3.05, 3.63) is 88.2 Å². The normalized spacial score (nSPS) is 12.2. The standard InChI is InChI=1S/C24H23N3O5S3/c1-32-19-5-2-4-17(12-19)14-23(28)25-20(21-15-34-24(26-21)22-6-3-11-33-22)13-16-7-9-18(10-8-16)27-35(29,30)31/h2-12,15,20,27H,13-14H2,1H3,(H,25,28)(H,29,30,31)/t20-/m0/s1. The molecule has 1 atom stereocenters. The summed E-state index contributed by atoms with van der Waals surface area (Å²) in [5.41, 5.74) is 2.68. The first-order valence-electron chi connectivity index (χ1n) is 10.5. The van der Waals surface area contributed by atoms with Gasteiger partial charge in [-0.25, -0.2) is 4.98 Å². The van der Waals surface area contributed by atoms with Gasteiger partial charge in [-0.2, -0.15) is 8.42 Å². The second-order valence-corrected chi connectivity index (χ2v) is 10.6. The van der Waals surface area contributed by atoms with Crippen molar-refractivity contribution in [3.8, 4) is 15.6 Å². The molecule has 2 heterocycles. The Labute approximate surface area is 211 Å². The van der Waals surface area contributed by atoms with E-state index in [1.54, 1.807) is 42.7 Å². The van der Waals surface area contributed by atoms with Gasteiger partial charge in [0.2, 0.25) is 5.91 Å². The number of aromatic nitrogens is 1. The van der Waals surface area contributed by atoms with Gasteiger partial charge in [-0.1, -0.05) is 30.3 Å². The second-order valence-electron chi connectivity index (χ2n) is 7.68. The molecule has 0 bridgehead atoms. The molecule has 0 aliphatic heterocycles. The van der Waals surface area contributed by atoms with E-state index in [0.717, 1.165) is 26.7 Å². The predicted molar refractivity (Wildman–Crippen MR) is 138 cm³/mol. The van der Waals surface area contributed by atoms with Crippen molar-refractivity contribution < 1.29 is 22.5 Å². The van der Waals surface area contributed by atoms with Crippen LogP contribution in [-0.4, -0.2) is 31.0 Å². The summed E-state index contributed by atoms with van der Waals surface area (Å²) in [6, 6.07) is 17.5. The van der Waals surface area contributed by atoms with Crippen LogP contribution in [0.3, 0.4) is 0 Å². The third-order valence-corrected chi connectivity index (χ3v) is 7.48. The Hall–Kier alpha value is -3.25. The Morgan fingerprint density at radius 2 is 1.89 bits per heavy atom. The number of thiazole rings is 1. The third kappa shape index (κ3) is 7.12. The molecule has 0 aliphatic carbocycles. The van der Waals surface area contributed by atoms with E-state index in [-0.39, 0.29) is 18.0 Å². The van der Waals surface area contributed by atoms with Gasteiger partial charge in [-0.15, -0.1) is 22.7 Å². The number of thiophene rings is 1. The molecule has 182 valence electrons. The van der Waals surface area contributed by atoms with Crippen LogP contribution in [0.2, 0.25) is 0 Å². The molecule has 0 spiro atoms. The molecule has 0 fully saturated rings. The first-order valence-corrected chi connectivity index (χ1v) is 13.7. The SMILES string of the molecule is COc1cccc(CC(=O)N[C@@H](Cc2ccc(NS(=O)(=O)O)cc2)c2csc(-c3cccs3)n2)c1. The highest BCUT2D eigenvalue weighted by atomic mass is 32.2. The van der Waals surface area contributed by atoms with Crippen LogP contribution in [0, 0.1) is 0 Å². The van der Waals surface area contributed by atoms with Gasteiger partial charge in [-0.3, -0.25) is 14.1 Å². The lowest BCUT2D eigenvalue weighted by Crippen LogP contribution is -2.31. The first kappa shape index (κ1) is 24.9. The number of rotatable bonds is 10. The Kier molecular flexibility index (Phi) is 7.81. The summed E-state index contributed by atoms with van der Waals surface area (Å²) >= 11 is 3.12. The highest BCUT2D eigenvalue weighted by molar-refractivity contribution is 7.87. The van der Waals surface area contributed by atoms with Crippen molar-refractivity contribution in [1.82, 2.24) is 10.3 Å². The molecule has 0 saturated heterocycles. The quantitative estimate of drug-likeness (QED) is 0.256. The maximum atomic E-state index is 13.0. The van der Waals surface area contributed by atoms with Gasteiger partial charge >= 0.3 is 10.3 Å². The van der Waals surface area contributed by atoms with Gasteiger partial charge in [0.15, 0.2) is 0 Å². The number of amides is 1. The van der Waals surface area contributed by atoms with E-state index in [1.165, 1.54) is 11.3 Å². The third-order valence-electron chi connectivity index (χ3n) is 5.09. The Morgan fingerprint density at radius 1 is 1.09 bits per heavy atom. The summed E-state index contributed by atoms with van der Waals surface area (Å²) in [5, 5.41) is 7.92. The summed E-state index contributed by atoms with van der Waals surface area (Å²) in [6.45, 7) is 0. The Morgan fingerprint density at radius 3 is 2.57 bits per heavy atom. The number of methoxy groups -OCH3 is 1. The monoisotopic (exact) mass is 529 g/mol. The number of hydrogen-bond acceptors (Lipinski definition) is 7. The molecular formula is C24H23N3O5S3. The first-order chi connectivity index (χ1) is 16.8. The molecule has 4 aromatic rings. The number of nitrogens with one attached hydrogen (secondary N) is 2. The van der Waals surface area contributed by atoms with Gasteiger partial charge in [0, 0.05) is 5.38 Å². The van der Waals surface area contributed by atoms with E-state index in [1.807, 2.05) is 51.9 Å². The van der Waals surface area contributed by atoms with Gasteiger partial charge in [0.05, 0.1) is 35.8 Å². The number of nitrogens with zero attached hydrogens (tertiary/aromatic N) is 1. The minimum absolute atomic E-state index is 0.154. The van der Waals surface area contributed by atoms with Gasteiger partial charge in [0.1, 0.15) is 10.8 Å². The van der Waals surface area contributed by atoms with Crippen molar-refractivity contribution in [2.45, 2.75) is 18.9 Å². The van der Waals surface area contributed by atoms with Crippen molar-refractivity contribution in [2.75, 3.05) is 11.8 Å². The van der Waals surface area contributed by atoms with E-state index in [2.05, 4.69) is 5.32 Å². The van der Waals surface area contributed by atoms with Crippen LogP contribution in [0.5, 0.6) is 5.75 Å². The lowest BCUT2D eigenvalue weighted by Gasteiger charge is -2.18. The molecule has 0 radical (unpaired) electrons. The van der Waals surface area contributed by atoms with Gasteiger partial charge in [0.25, 0.3) is 0 Å². The second kappa shape index (κ2) is 11.0. The van der Waals surface area contributed by atoms with Gasteiger partial charge in [-0.05, 0) is 53.3 Å². The lowest BCUT2D eigenvalue weighted by atomic mass is 10.0. The summed E-state index contributed by atoms with van der Waals surface area (Å²) in [5.74, 6) is 0.532. The maximum Gasteiger partial charge on any atom is 0.357 e. The molecule has 0 aliphatic rings. The maximum absolute atomic E-state index is 13.0. The fraction of sp³-hybridized carbons (Fsp3) is 0.167. The number of carbonyl (C=O) groups is 1. The molecule has 11 heteroatoms. The number of ether oxygens (including phenoxy) is 1. The average Bonchev–Trinajstić information content (AvgIpc) is 3.51. The zero-order chi connectivity index (χ0) is 24.8. The topological polar surface area (TPSA) is 118 Å². The molecule has 35 heavy (non-hydrogen) atoms. The highest BCUT2D eigenvalue weighted by Crippen LogP contribution is 2.31. The molecule has 4 rings (SSSR count). The summed E-state index contributed by atoms with van der Waals surface area (Å²) < 4.78 is 38.3. The van der Waals surface area contributed by atoms with Crippen molar-refractivity contribution in [1.29, 1.82) is 0 Å². The number of hydrogen-bond donors (Lipinski definition) is 3. The van der Waals surface area contributed by atoms with Crippen LogP contribution in [-0.2, 0) is 27.9 Å². The molecule has 8 nitrogen and oxygen atoms in total. The zero-order valence-corrected chi connectivity index (χ0v) is 21.1. The van der Waals surface area contributed by atoms with E-state index >= 15 is 0 Å². The van der Waals surface area contributed by atoms with E-state index in [0.29, 0.717) is 12.2 Å². The number of benzene rings is 2. The fourth-order valence-electron chi connectivity index (χ4n) is 3.50. The molecule has 0 unspecified atom stereocenters. The molecule has 1 amide bonds. The molecular weight excluding hydrogens is 506 g/mol. The lowest BCUT2D eigenvalue weighted by molar-refractivity contribution is -0.121. The molecule has 2 aromatic heterocycles.